The predicted molar refractivity (Wildman–Crippen MR) is 103 cm³/mol. The molecule has 27 heavy (non-hydrogen) atoms. The van der Waals surface area contributed by atoms with Gasteiger partial charge in [-0.1, -0.05) is 6.07 Å². The highest BCUT2D eigenvalue weighted by Gasteiger charge is 2.04. The number of aromatic nitrogens is 1. The summed E-state index contributed by atoms with van der Waals surface area (Å²) in [5.74, 6) is 0.402. The van der Waals surface area contributed by atoms with E-state index in [0.717, 1.165) is 0 Å². The van der Waals surface area contributed by atoms with Crippen molar-refractivity contribution >= 4 is 29.4 Å². The van der Waals surface area contributed by atoms with E-state index in [2.05, 4.69) is 20.9 Å². The summed E-state index contributed by atoms with van der Waals surface area (Å²) < 4.78 is 5.14. The Hall–Kier alpha value is -3.87. The van der Waals surface area contributed by atoms with Gasteiger partial charge in [0.2, 0.25) is 5.91 Å². The maximum Gasteiger partial charge on any atom is 0.319 e. The van der Waals surface area contributed by atoms with Crippen LogP contribution >= 0.6 is 0 Å². The van der Waals surface area contributed by atoms with E-state index in [1.54, 1.807) is 61.0 Å². The second-order valence-corrected chi connectivity index (χ2v) is 5.54. The number of nitrogens with zero attached hydrogens (tertiary/aromatic N) is 1. The van der Waals surface area contributed by atoms with Crippen molar-refractivity contribution in [2.24, 2.45) is 0 Å². The maximum absolute atomic E-state index is 11.9. The van der Waals surface area contributed by atoms with Crippen molar-refractivity contribution in [3.05, 3.63) is 84.6 Å². The third-order valence-corrected chi connectivity index (χ3v) is 3.51. The molecule has 3 amide bonds. The molecule has 0 fully saturated rings. The molecule has 2 heterocycles. The largest absolute Gasteiger partial charge is 0.467 e. The fraction of sp³-hybridized carbons (Fsp3) is 0.0500. The molecule has 0 saturated heterocycles. The monoisotopic (exact) mass is 362 g/mol. The van der Waals surface area contributed by atoms with Gasteiger partial charge in [-0.3, -0.25) is 9.78 Å². The lowest BCUT2D eigenvalue weighted by molar-refractivity contribution is -0.111. The molecule has 7 nitrogen and oxygen atoms in total. The van der Waals surface area contributed by atoms with E-state index in [0.29, 0.717) is 29.4 Å². The van der Waals surface area contributed by atoms with E-state index >= 15 is 0 Å². The summed E-state index contributed by atoms with van der Waals surface area (Å²) in [5, 5.41) is 8.13. The molecule has 0 atom stereocenters. The van der Waals surface area contributed by atoms with Gasteiger partial charge in [-0.05, 0) is 54.6 Å². The Bertz CT molecular complexity index is 904. The highest BCUT2D eigenvalue weighted by Crippen LogP contribution is 2.13. The Morgan fingerprint density at radius 1 is 0.963 bits per heavy atom. The first kappa shape index (κ1) is 17.9. The molecule has 3 rings (SSSR count). The smallest absolute Gasteiger partial charge is 0.319 e. The lowest BCUT2D eigenvalue weighted by Crippen LogP contribution is -2.27. The number of hydrogen-bond acceptors (Lipinski definition) is 4. The molecule has 0 spiro atoms. The Balaban J connectivity index is 1.47. The van der Waals surface area contributed by atoms with Gasteiger partial charge in [-0.25, -0.2) is 4.79 Å². The minimum absolute atomic E-state index is 0.266. The molecule has 0 unspecified atom stereocenters. The standard InChI is InChI=1S/C20H18N4O3/c25-19(11-10-15-4-1-2-12-21-15)23-16-6-8-17(9-7-16)24-20(26)22-14-18-5-3-13-27-18/h1-13H,14H2,(H,23,25)(H2,22,24,26)/b11-10+. The van der Waals surface area contributed by atoms with Crippen LogP contribution < -0.4 is 16.0 Å². The molecule has 2 aromatic heterocycles. The molecule has 0 aliphatic heterocycles. The lowest BCUT2D eigenvalue weighted by Gasteiger charge is -2.08. The first-order valence-electron chi connectivity index (χ1n) is 8.26. The van der Waals surface area contributed by atoms with Gasteiger partial charge in [0.25, 0.3) is 0 Å². The number of rotatable bonds is 6. The molecule has 0 radical (unpaired) electrons. The molecule has 0 aliphatic carbocycles. The highest BCUT2D eigenvalue weighted by molar-refractivity contribution is 6.02. The highest BCUT2D eigenvalue weighted by atomic mass is 16.3. The first-order valence-corrected chi connectivity index (χ1v) is 8.26. The number of hydrogen-bond donors (Lipinski definition) is 3. The number of anilines is 2. The first-order chi connectivity index (χ1) is 13.2. The van der Waals surface area contributed by atoms with Crippen LogP contribution in [0.5, 0.6) is 0 Å². The van der Waals surface area contributed by atoms with Crippen molar-refractivity contribution in [3.63, 3.8) is 0 Å². The van der Waals surface area contributed by atoms with Crippen LogP contribution in [0, 0.1) is 0 Å². The topological polar surface area (TPSA) is 96.3 Å². The quantitative estimate of drug-likeness (QED) is 0.583. The van der Waals surface area contributed by atoms with Crippen molar-refractivity contribution < 1.29 is 14.0 Å². The average Bonchev–Trinajstić information content (AvgIpc) is 3.21. The Labute approximate surface area is 156 Å². The Morgan fingerprint density at radius 2 is 1.74 bits per heavy atom. The molecule has 7 heteroatoms. The summed E-state index contributed by atoms with van der Waals surface area (Å²) in [6, 6.07) is 15.5. The van der Waals surface area contributed by atoms with Crippen LogP contribution in [0.25, 0.3) is 6.08 Å². The summed E-state index contributed by atoms with van der Waals surface area (Å²) in [4.78, 5) is 27.9. The minimum atomic E-state index is -0.346. The van der Waals surface area contributed by atoms with Gasteiger partial charge in [0.15, 0.2) is 0 Å². The second kappa shape index (κ2) is 9.00. The van der Waals surface area contributed by atoms with E-state index in [-0.39, 0.29) is 11.9 Å². The number of nitrogens with one attached hydrogen (secondary N) is 3. The van der Waals surface area contributed by atoms with Gasteiger partial charge >= 0.3 is 6.03 Å². The van der Waals surface area contributed by atoms with E-state index in [1.165, 1.54) is 6.08 Å². The van der Waals surface area contributed by atoms with Gasteiger partial charge < -0.3 is 20.4 Å². The minimum Gasteiger partial charge on any atom is -0.467 e. The lowest BCUT2D eigenvalue weighted by atomic mass is 10.2. The molecular formula is C20H18N4O3. The van der Waals surface area contributed by atoms with Crippen LogP contribution in [0.4, 0.5) is 16.2 Å². The van der Waals surface area contributed by atoms with Crippen LogP contribution in [0.15, 0.2) is 77.6 Å². The summed E-state index contributed by atoms with van der Waals surface area (Å²) in [5.41, 5.74) is 1.92. The Kier molecular flexibility index (Phi) is 5.98. The number of carbonyl (C=O) groups is 2. The van der Waals surface area contributed by atoms with E-state index in [4.69, 9.17) is 4.42 Å². The van der Waals surface area contributed by atoms with Crippen molar-refractivity contribution in [1.29, 1.82) is 0 Å². The van der Waals surface area contributed by atoms with Gasteiger partial charge in [-0.2, -0.15) is 0 Å². The fourth-order valence-corrected chi connectivity index (χ4v) is 2.21. The summed E-state index contributed by atoms with van der Waals surface area (Å²) in [6.45, 7) is 0.301. The molecule has 0 bridgehead atoms. The zero-order chi connectivity index (χ0) is 18.9. The molecule has 0 aliphatic rings. The van der Waals surface area contributed by atoms with Gasteiger partial charge in [0.1, 0.15) is 5.76 Å². The van der Waals surface area contributed by atoms with E-state index < -0.39 is 0 Å². The van der Waals surface area contributed by atoms with E-state index in [9.17, 15) is 9.59 Å². The molecule has 3 aromatic rings. The number of pyridine rings is 1. The molecular weight excluding hydrogens is 344 g/mol. The molecule has 3 N–H and O–H groups in total. The number of amides is 3. The van der Waals surface area contributed by atoms with Crippen molar-refractivity contribution in [3.8, 4) is 0 Å². The molecule has 136 valence electrons. The van der Waals surface area contributed by atoms with Crippen LogP contribution in [0.3, 0.4) is 0 Å². The number of benzene rings is 1. The number of carbonyl (C=O) groups excluding carboxylic acids is 2. The summed E-state index contributed by atoms with van der Waals surface area (Å²) >= 11 is 0. The van der Waals surface area contributed by atoms with Crippen LogP contribution in [0.2, 0.25) is 0 Å². The fourth-order valence-electron chi connectivity index (χ4n) is 2.21. The summed E-state index contributed by atoms with van der Waals surface area (Å²) in [7, 11) is 0. The number of furan rings is 1. The zero-order valence-electron chi connectivity index (χ0n) is 14.4. The predicted octanol–water partition coefficient (Wildman–Crippen LogP) is 3.65. The second-order valence-electron chi connectivity index (χ2n) is 5.54. The summed E-state index contributed by atoms with van der Waals surface area (Å²) in [6.07, 6.45) is 6.26. The van der Waals surface area contributed by atoms with Crippen molar-refractivity contribution in [1.82, 2.24) is 10.3 Å². The number of urea groups is 1. The normalized spacial score (nSPS) is 10.5. The van der Waals surface area contributed by atoms with Crippen molar-refractivity contribution in [2.45, 2.75) is 6.54 Å². The van der Waals surface area contributed by atoms with Crippen LogP contribution in [-0.4, -0.2) is 16.9 Å². The molecule has 1 aromatic carbocycles. The average molecular weight is 362 g/mol. The van der Waals surface area contributed by atoms with Crippen LogP contribution in [0.1, 0.15) is 11.5 Å². The van der Waals surface area contributed by atoms with E-state index in [1.807, 2.05) is 12.1 Å². The van der Waals surface area contributed by atoms with Gasteiger partial charge in [-0.15, -0.1) is 0 Å². The molecule has 0 saturated carbocycles. The van der Waals surface area contributed by atoms with Gasteiger partial charge in [0, 0.05) is 23.6 Å². The van der Waals surface area contributed by atoms with Crippen molar-refractivity contribution in [2.75, 3.05) is 10.6 Å². The Morgan fingerprint density at radius 3 is 2.41 bits per heavy atom. The third kappa shape index (κ3) is 5.86. The SMILES string of the molecule is O=C(/C=C/c1ccccn1)Nc1ccc(NC(=O)NCc2ccco2)cc1. The van der Waals surface area contributed by atoms with Crippen LogP contribution in [-0.2, 0) is 11.3 Å². The maximum atomic E-state index is 11.9. The zero-order valence-corrected chi connectivity index (χ0v) is 14.4. The third-order valence-electron chi connectivity index (χ3n) is 3.51. The van der Waals surface area contributed by atoms with Gasteiger partial charge in [0.05, 0.1) is 18.5 Å².